The van der Waals surface area contributed by atoms with Gasteiger partial charge in [0.2, 0.25) is 0 Å². The van der Waals surface area contributed by atoms with E-state index in [0.717, 1.165) is 25.2 Å². The fraction of sp³-hybridized carbons (Fsp3) is 0.545. The van der Waals surface area contributed by atoms with Gasteiger partial charge in [0.25, 0.3) is 0 Å². The van der Waals surface area contributed by atoms with E-state index in [2.05, 4.69) is 22.9 Å². The van der Waals surface area contributed by atoms with Gasteiger partial charge in [0.1, 0.15) is 5.82 Å². The summed E-state index contributed by atoms with van der Waals surface area (Å²) < 4.78 is 0. The summed E-state index contributed by atoms with van der Waals surface area (Å²) in [6.45, 7) is 3.31. The molecule has 14 heavy (non-hydrogen) atoms. The van der Waals surface area contributed by atoms with Gasteiger partial charge in [-0.3, -0.25) is 0 Å². The molecule has 0 saturated carbocycles. The van der Waals surface area contributed by atoms with Gasteiger partial charge in [-0.25, -0.2) is 4.98 Å². The van der Waals surface area contributed by atoms with E-state index in [1.165, 1.54) is 5.56 Å². The number of pyridine rings is 1. The smallest absolute Gasteiger partial charge is 0.129 e. The first kappa shape index (κ1) is 9.46. The number of aromatic nitrogens is 1. The van der Waals surface area contributed by atoms with Gasteiger partial charge in [-0.1, -0.05) is 0 Å². The van der Waals surface area contributed by atoms with Gasteiger partial charge in [0.15, 0.2) is 0 Å². The number of aliphatic hydroxyl groups is 1. The zero-order valence-corrected chi connectivity index (χ0v) is 8.48. The molecule has 1 aliphatic heterocycles. The highest BCUT2D eigenvalue weighted by Crippen LogP contribution is 2.23. The highest BCUT2D eigenvalue weighted by molar-refractivity contribution is 5.42. The summed E-state index contributed by atoms with van der Waals surface area (Å²) in [5.74, 6) is 1.00. The number of aliphatic hydroxyl groups excluding tert-OH is 1. The van der Waals surface area contributed by atoms with Crippen LogP contribution in [0.2, 0.25) is 0 Å². The molecule has 3 nitrogen and oxygen atoms in total. The lowest BCUT2D eigenvalue weighted by Crippen LogP contribution is -2.32. The lowest BCUT2D eigenvalue weighted by molar-refractivity contribution is 0.266. The average molecular weight is 192 g/mol. The van der Waals surface area contributed by atoms with Crippen LogP contribution < -0.4 is 4.90 Å². The Labute approximate surface area is 84.4 Å². The van der Waals surface area contributed by atoms with Crippen molar-refractivity contribution in [1.82, 2.24) is 4.98 Å². The second kappa shape index (κ2) is 3.96. The maximum Gasteiger partial charge on any atom is 0.129 e. The van der Waals surface area contributed by atoms with Crippen molar-refractivity contribution >= 4 is 5.82 Å². The number of rotatable bonds is 2. The van der Waals surface area contributed by atoms with Crippen molar-refractivity contribution in [1.29, 1.82) is 0 Å². The third-order valence-electron chi connectivity index (χ3n) is 2.78. The number of anilines is 1. The molecule has 0 aromatic carbocycles. The third kappa shape index (κ3) is 1.73. The first-order chi connectivity index (χ1) is 6.81. The summed E-state index contributed by atoms with van der Waals surface area (Å²) in [6, 6.07) is 4.34. The summed E-state index contributed by atoms with van der Waals surface area (Å²) >= 11 is 0. The average Bonchev–Trinajstić information content (AvgIpc) is 2.65. The van der Waals surface area contributed by atoms with Crippen molar-refractivity contribution in [2.45, 2.75) is 25.8 Å². The van der Waals surface area contributed by atoms with Crippen molar-refractivity contribution in [3.05, 3.63) is 23.9 Å². The Balaban J connectivity index is 2.21. The van der Waals surface area contributed by atoms with Gasteiger partial charge in [-0.15, -0.1) is 0 Å². The quantitative estimate of drug-likeness (QED) is 0.768. The lowest BCUT2D eigenvalue weighted by Gasteiger charge is -2.24. The molecule has 0 spiro atoms. The van der Waals surface area contributed by atoms with Crippen molar-refractivity contribution < 1.29 is 5.11 Å². The fourth-order valence-electron chi connectivity index (χ4n) is 2.00. The summed E-state index contributed by atoms with van der Waals surface area (Å²) in [5.41, 5.74) is 1.22. The van der Waals surface area contributed by atoms with Crippen LogP contribution in [-0.4, -0.2) is 29.3 Å². The van der Waals surface area contributed by atoms with Crippen molar-refractivity contribution in [2.24, 2.45) is 0 Å². The highest BCUT2D eigenvalue weighted by Gasteiger charge is 2.24. The normalized spacial score (nSPS) is 21.6. The predicted molar refractivity (Wildman–Crippen MR) is 56.4 cm³/mol. The van der Waals surface area contributed by atoms with E-state index in [1.54, 1.807) is 0 Å². The number of hydrogen-bond donors (Lipinski definition) is 1. The van der Waals surface area contributed by atoms with Crippen molar-refractivity contribution in [3.8, 4) is 0 Å². The third-order valence-corrected chi connectivity index (χ3v) is 2.78. The van der Waals surface area contributed by atoms with E-state index in [0.29, 0.717) is 0 Å². The Morgan fingerprint density at radius 3 is 3.21 bits per heavy atom. The molecule has 76 valence electrons. The molecule has 0 radical (unpaired) electrons. The molecule has 2 heterocycles. The Kier molecular flexibility index (Phi) is 2.68. The number of aryl methyl sites for hydroxylation is 1. The molecule has 1 aliphatic rings. The topological polar surface area (TPSA) is 36.4 Å². The molecular weight excluding hydrogens is 176 g/mol. The zero-order valence-electron chi connectivity index (χ0n) is 8.48. The molecule has 1 fully saturated rings. The Bertz CT molecular complexity index is 314. The van der Waals surface area contributed by atoms with Crippen LogP contribution in [-0.2, 0) is 0 Å². The summed E-state index contributed by atoms with van der Waals surface area (Å²) in [7, 11) is 0. The van der Waals surface area contributed by atoms with Gasteiger partial charge in [0.05, 0.1) is 12.6 Å². The molecule has 0 amide bonds. The minimum atomic E-state index is 0.232. The SMILES string of the molecule is Cc1ccnc(N2CCC[C@@H]2CO)c1. The van der Waals surface area contributed by atoms with Crippen LogP contribution in [0, 0.1) is 6.92 Å². The standard InChI is InChI=1S/C11H16N2O/c1-9-4-5-12-11(7-9)13-6-2-3-10(13)8-14/h4-5,7,10,14H,2-3,6,8H2,1H3/t10-/m1/s1. The van der Waals surface area contributed by atoms with Crippen molar-refractivity contribution in [3.63, 3.8) is 0 Å². The molecule has 2 rings (SSSR count). The molecule has 0 unspecified atom stereocenters. The van der Waals surface area contributed by atoms with Crippen LogP contribution in [0.25, 0.3) is 0 Å². The van der Waals surface area contributed by atoms with Gasteiger partial charge >= 0.3 is 0 Å². The molecule has 1 aromatic rings. The van der Waals surface area contributed by atoms with Crippen LogP contribution >= 0.6 is 0 Å². The second-order valence-electron chi connectivity index (χ2n) is 3.86. The predicted octanol–water partition coefficient (Wildman–Crippen LogP) is 1.35. The molecule has 1 atom stereocenters. The van der Waals surface area contributed by atoms with Crippen LogP contribution in [0.3, 0.4) is 0 Å². The van der Waals surface area contributed by atoms with Crippen LogP contribution in [0.4, 0.5) is 5.82 Å². The summed E-state index contributed by atoms with van der Waals surface area (Å²) in [5, 5.41) is 9.20. The van der Waals surface area contributed by atoms with Gasteiger partial charge in [-0.05, 0) is 37.5 Å². The Morgan fingerprint density at radius 1 is 1.64 bits per heavy atom. The maximum absolute atomic E-state index is 9.20. The fourth-order valence-corrected chi connectivity index (χ4v) is 2.00. The summed E-state index contributed by atoms with van der Waals surface area (Å²) in [4.78, 5) is 6.54. The van der Waals surface area contributed by atoms with E-state index >= 15 is 0 Å². The van der Waals surface area contributed by atoms with E-state index in [4.69, 9.17) is 0 Å². The molecule has 1 N–H and O–H groups in total. The van der Waals surface area contributed by atoms with Gasteiger partial charge < -0.3 is 10.0 Å². The zero-order chi connectivity index (χ0) is 9.97. The highest BCUT2D eigenvalue weighted by atomic mass is 16.3. The minimum absolute atomic E-state index is 0.232. The minimum Gasteiger partial charge on any atom is -0.394 e. The van der Waals surface area contributed by atoms with Crippen LogP contribution in [0.15, 0.2) is 18.3 Å². The van der Waals surface area contributed by atoms with Gasteiger partial charge in [-0.2, -0.15) is 0 Å². The molecule has 1 aromatic heterocycles. The van der Waals surface area contributed by atoms with E-state index < -0.39 is 0 Å². The molecule has 0 bridgehead atoms. The van der Waals surface area contributed by atoms with E-state index in [1.807, 2.05) is 12.3 Å². The first-order valence-corrected chi connectivity index (χ1v) is 5.11. The molecule has 1 saturated heterocycles. The molecule has 3 heteroatoms. The first-order valence-electron chi connectivity index (χ1n) is 5.11. The van der Waals surface area contributed by atoms with Crippen LogP contribution in [0.1, 0.15) is 18.4 Å². The molecule has 0 aliphatic carbocycles. The largest absolute Gasteiger partial charge is 0.394 e. The van der Waals surface area contributed by atoms with Crippen molar-refractivity contribution in [2.75, 3.05) is 18.1 Å². The Morgan fingerprint density at radius 2 is 2.50 bits per heavy atom. The van der Waals surface area contributed by atoms with Crippen LogP contribution in [0.5, 0.6) is 0 Å². The maximum atomic E-state index is 9.20. The van der Waals surface area contributed by atoms with E-state index in [-0.39, 0.29) is 12.6 Å². The molecular formula is C11H16N2O. The van der Waals surface area contributed by atoms with E-state index in [9.17, 15) is 5.11 Å². The Hall–Kier alpha value is -1.09. The number of nitrogens with zero attached hydrogens (tertiary/aromatic N) is 2. The lowest BCUT2D eigenvalue weighted by atomic mass is 10.2. The number of hydrogen-bond acceptors (Lipinski definition) is 3. The summed E-state index contributed by atoms with van der Waals surface area (Å²) in [6.07, 6.45) is 4.06. The van der Waals surface area contributed by atoms with Gasteiger partial charge in [0, 0.05) is 12.7 Å². The monoisotopic (exact) mass is 192 g/mol. The second-order valence-corrected chi connectivity index (χ2v) is 3.86.